The van der Waals surface area contributed by atoms with E-state index in [9.17, 15) is 26.7 Å². The number of ether oxygens (including phenoxy) is 1. The molecule has 1 atom stereocenters. The molecule has 0 spiro atoms. The molecule has 5 rings (SSSR count). The van der Waals surface area contributed by atoms with Crippen LogP contribution in [-0.4, -0.2) is 27.7 Å². The number of methoxy groups -OCH3 is 1. The highest BCUT2D eigenvalue weighted by atomic mass is 19.4. The van der Waals surface area contributed by atoms with Crippen molar-refractivity contribution in [2.45, 2.75) is 64.1 Å². The minimum atomic E-state index is -4.61. The average Bonchev–Trinajstić information content (AvgIpc) is 3.31. The summed E-state index contributed by atoms with van der Waals surface area (Å²) in [4.78, 5) is 18.1. The second-order valence-electron chi connectivity index (χ2n) is 10.7. The number of fused-ring (bicyclic) bond motifs is 1. The molecule has 0 aliphatic heterocycles. The van der Waals surface area contributed by atoms with Gasteiger partial charge < -0.3 is 4.74 Å². The lowest BCUT2D eigenvalue weighted by atomic mass is 9.86. The second kappa shape index (κ2) is 12.0. The van der Waals surface area contributed by atoms with E-state index in [1.807, 2.05) is 25.1 Å². The summed E-state index contributed by atoms with van der Waals surface area (Å²) in [6, 6.07) is 12.4. The van der Waals surface area contributed by atoms with Crippen LogP contribution in [0.3, 0.4) is 0 Å². The van der Waals surface area contributed by atoms with Gasteiger partial charge >= 0.3 is 6.18 Å². The van der Waals surface area contributed by atoms with Gasteiger partial charge in [0.2, 0.25) is 0 Å². The highest BCUT2D eigenvalue weighted by Gasteiger charge is 2.39. The number of benzene rings is 2. The van der Waals surface area contributed by atoms with Crippen molar-refractivity contribution < 1.29 is 31.5 Å². The third-order valence-corrected chi connectivity index (χ3v) is 7.68. The van der Waals surface area contributed by atoms with Crippen LogP contribution in [0.1, 0.15) is 59.0 Å². The van der Waals surface area contributed by atoms with Gasteiger partial charge in [-0.2, -0.15) is 18.3 Å². The van der Waals surface area contributed by atoms with Gasteiger partial charge in [-0.15, -0.1) is 0 Å². The lowest BCUT2D eigenvalue weighted by Crippen LogP contribution is -2.19. The fourth-order valence-electron chi connectivity index (χ4n) is 5.85. The third-order valence-electron chi connectivity index (χ3n) is 7.68. The summed E-state index contributed by atoms with van der Waals surface area (Å²) in [5, 5.41) is 3.83. The molecule has 0 radical (unpaired) electrons. The number of nitrogens with zero attached hydrogens (tertiary/aromatic N) is 3. The zero-order chi connectivity index (χ0) is 30.0. The Morgan fingerprint density at radius 1 is 1.02 bits per heavy atom. The summed E-state index contributed by atoms with van der Waals surface area (Å²) >= 11 is 0. The standard InChI is InChI=1S/C32H30F5N3O2/c1-19-12-25(42-2)9-10-26(19)27-7-5-11-38-30(27)21(13-20-14-22(33)17-23(34)15-20)16-24(41)18-40-29-8-4-3-6-28(29)31(39-40)32(35,36)37/h5,7,9-12,14-15,17,21H,3-4,6,8,13,16,18H2,1-2H3. The van der Waals surface area contributed by atoms with Crippen molar-refractivity contribution in [2.24, 2.45) is 0 Å². The molecule has 1 aliphatic carbocycles. The van der Waals surface area contributed by atoms with Crippen molar-refractivity contribution in [2.75, 3.05) is 7.11 Å². The largest absolute Gasteiger partial charge is 0.497 e. The lowest BCUT2D eigenvalue weighted by Gasteiger charge is -2.21. The molecule has 0 bridgehead atoms. The Hall–Kier alpha value is -4.08. The van der Waals surface area contributed by atoms with Gasteiger partial charge in [-0.1, -0.05) is 12.1 Å². The SMILES string of the molecule is COc1ccc(-c2cccnc2C(CC(=O)Cn2nc(C(F)(F)F)c3c2CCCC3)Cc2cc(F)cc(F)c2)c(C)c1. The molecule has 42 heavy (non-hydrogen) atoms. The van der Waals surface area contributed by atoms with E-state index < -0.39 is 29.4 Å². The van der Waals surface area contributed by atoms with Gasteiger partial charge in [0, 0.05) is 41.4 Å². The maximum Gasteiger partial charge on any atom is 0.435 e. The molecule has 2 aromatic heterocycles. The molecule has 1 aliphatic rings. The number of pyridine rings is 1. The number of aryl methyl sites for hydroxylation is 1. The number of halogens is 5. The minimum Gasteiger partial charge on any atom is -0.497 e. The van der Waals surface area contributed by atoms with Crippen molar-refractivity contribution in [1.82, 2.24) is 14.8 Å². The monoisotopic (exact) mass is 583 g/mol. The van der Waals surface area contributed by atoms with Crippen LogP contribution >= 0.6 is 0 Å². The van der Waals surface area contributed by atoms with Gasteiger partial charge in [0.05, 0.1) is 19.3 Å². The van der Waals surface area contributed by atoms with E-state index in [0.717, 1.165) is 29.2 Å². The first kappa shape index (κ1) is 29.4. The number of ketones is 1. The molecule has 1 unspecified atom stereocenters. The molecule has 2 aromatic carbocycles. The van der Waals surface area contributed by atoms with E-state index in [1.54, 1.807) is 25.4 Å². The first-order chi connectivity index (χ1) is 20.0. The molecular formula is C32H30F5N3O2. The van der Waals surface area contributed by atoms with Crippen molar-refractivity contribution in [3.63, 3.8) is 0 Å². The van der Waals surface area contributed by atoms with Crippen LogP contribution in [0.25, 0.3) is 11.1 Å². The average molecular weight is 584 g/mol. The normalized spacial score (nSPS) is 14.0. The van der Waals surface area contributed by atoms with Crippen LogP contribution in [0.4, 0.5) is 22.0 Å². The Kier molecular flexibility index (Phi) is 8.43. The maximum absolute atomic E-state index is 14.1. The summed E-state index contributed by atoms with van der Waals surface area (Å²) < 4.78 is 75.9. The van der Waals surface area contributed by atoms with Crippen molar-refractivity contribution in [3.05, 3.63) is 100 Å². The van der Waals surface area contributed by atoms with E-state index in [2.05, 4.69) is 10.1 Å². The Bertz CT molecular complexity index is 1590. The van der Waals surface area contributed by atoms with E-state index in [1.165, 1.54) is 16.8 Å². The molecule has 220 valence electrons. The molecule has 0 saturated heterocycles. The fraction of sp³-hybridized carbons (Fsp3) is 0.344. The summed E-state index contributed by atoms with van der Waals surface area (Å²) in [5.74, 6) is -1.80. The van der Waals surface area contributed by atoms with E-state index in [0.29, 0.717) is 35.5 Å². The summed E-state index contributed by atoms with van der Waals surface area (Å²) in [6.07, 6.45) is -1.02. The van der Waals surface area contributed by atoms with Crippen LogP contribution < -0.4 is 4.74 Å². The number of hydrogen-bond acceptors (Lipinski definition) is 4. The summed E-state index contributed by atoms with van der Waals surface area (Å²) in [5.41, 5.74) is 3.04. The molecule has 4 aromatic rings. The summed E-state index contributed by atoms with van der Waals surface area (Å²) in [6.45, 7) is 1.58. The molecule has 0 N–H and O–H groups in total. The van der Waals surface area contributed by atoms with Crippen molar-refractivity contribution in [3.8, 4) is 16.9 Å². The Morgan fingerprint density at radius 2 is 1.76 bits per heavy atom. The highest BCUT2D eigenvalue weighted by molar-refractivity contribution is 5.80. The Labute approximate surface area is 240 Å². The Morgan fingerprint density at radius 3 is 2.45 bits per heavy atom. The molecular weight excluding hydrogens is 553 g/mol. The first-order valence-corrected chi connectivity index (χ1v) is 13.8. The van der Waals surface area contributed by atoms with Crippen molar-refractivity contribution >= 4 is 5.78 Å². The lowest BCUT2D eigenvalue weighted by molar-refractivity contribution is -0.142. The zero-order valence-corrected chi connectivity index (χ0v) is 23.3. The predicted octanol–water partition coefficient (Wildman–Crippen LogP) is 7.42. The first-order valence-electron chi connectivity index (χ1n) is 13.8. The smallest absolute Gasteiger partial charge is 0.435 e. The van der Waals surface area contributed by atoms with Gasteiger partial charge in [-0.3, -0.25) is 14.5 Å². The molecule has 2 heterocycles. The van der Waals surface area contributed by atoms with Crippen LogP contribution in [0.15, 0.2) is 54.7 Å². The van der Waals surface area contributed by atoms with E-state index in [-0.39, 0.29) is 37.2 Å². The fourth-order valence-corrected chi connectivity index (χ4v) is 5.85. The van der Waals surface area contributed by atoms with Gasteiger partial charge in [0.15, 0.2) is 11.5 Å². The van der Waals surface area contributed by atoms with Crippen LogP contribution in [0.5, 0.6) is 5.75 Å². The van der Waals surface area contributed by atoms with Crippen molar-refractivity contribution in [1.29, 1.82) is 0 Å². The quantitative estimate of drug-likeness (QED) is 0.193. The molecule has 0 amide bonds. The number of Topliss-reactive ketones (excluding diaryl/α,β-unsaturated/α-hetero) is 1. The minimum absolute atomic E-state index is 0.0879. The van der Waals surface area contributed by atoms with Crippen LogP contribution in [0, 0.1) is 18.6 Å². The van der Waals surface area contributed by atoms with Gasteiger partial charge in [-0.25, -0.2) is 8.78 Å². The van der Waals surface area contributed by atoms with Gasteiger partial charge in [0.1, 0.15) is 17.4 Å². The number of rotatable bonds is 9. The van der Waals surface area contributed by atoms with Crippen LogP contribution in [0.2, 0.25) is 0 Å². The number of carbonyl (C=O) groups is 1. The molecule has 0 fully saturated rings. The zero-order valence-electron chi connectivity index (χ0n) is 23.3. The summed E-state index contributed by atoms with van der Waals surface area (Å²) in [7, 11) is 1.57. The number of aromatic nitrogens is 3. The van der Waals surface area contributed by atoms with Gasteiger partial charge in [-0.05, 0) is 86.1 Å². The highest BCUT2D eigenvalue weighted by Crippen LogP contribution is 2.37. The molecule has 0 saturated carbocycles. The molecule has 5 nitrogen and oxygen atoms in total. The Balaban J connectivity index is 1.51. The predicted molar refractivity (Wildman–Crippen MR) is 147 cm³/mol. The van der Waals surface area contributed by atoms with E-state index >= 15 is 0 Å². The van der Waals surface area contributed by atoms with Crippen LogP contribution in [-0.2, 0) is 36.8 Å². The van der Waals surface area contributed by atoms with Gasteiger partial charge in [0.25, 0.3) is 0 Å². The van der Waals surface area contributed by atoms with E-state index in [4.69, 9.17) is 4.74 Å². The third kappa shape index (κ3) is 6.37. The number of hydrogen-bond donors (Lipinski definition) is 0. The molecule has 10 heteroatoms. The maximum atomic E-state index is 14.1. The second-order valence-corrected chi connectivity index (χ2v) is 10.7. The number of alkyl halides is 3. The topological polar surface area (TPSA) is 57.0 Å². The number of carbonyl (C=O) groups excluding carboxylic acids is 1.